The van der Waals surface area contributed by atoms with Crippen LogP contribution in [0.15, 0.2) is 23.1 Å². The fourth-order valence-electron chi connectivity index (χ4n) is 1.82. The van der Waals surface area contributed by atoms with E-state index in [-0.39, 0.29) is 23.8 Å². The highest BCUT2D eigenvalue weighted by Gasteiger charge is 2.25. The van der Waals surface area contributed by atoms with Gasteiger partial charge < -0.3 is 4.90 Å². The number of amides is 1. The number of hydrogen-bond acceptors (Lipinski definition) is 4. The van der Waals surface area contributed by atoms with Crippen LogP contribution in [-0.4, -0.2) is 27.9 Å². The van der Waals surface area contributed by atoms with E-state index < -0.39 is 10.0 Å². The maximum Gasteiger partial charge on any atom is 0.241 e. The third-order valence-corrected chi connectivity index (χ3v) is 4.18. The molecule has 94 valence electrons. The zero-order chi connectivity index (χ0) is 13.3. The van der Waals surface area contributed by atoms with Crippen LogP contribution in [0.2, 0.25) is 0 Å². The fraction of sp³-hybridized carbons (Fsp3) is 0.273. The number of benzene rings is 1. The minimum Gasteiger partial charge on any atom is -0.315 e. The number of nitrogens with zero attached hydrogens (tertiary/aromatic N) is 2. The molecule has 7 heteroatoms. The van der Waals surface area contributed by atoms with Crippen molar-refractivity contribution in [2.75, 3.05) is 18.5 Å². The molecule has 6 nitrogen and oxygen atoms in total. The van der Waals surface area contributed by atoms with E-state index in [1.807, 2.05) is 0 Å². The molecule has 0 aromatic heterocycles. The Kier molecular flexibility index (Phi) is 3.07. The van der Waals surface area contributed by atoms with Gasteiger partial charge in [0.1, 0.15) is 0 Å². The van der Waals surface area contributed by atoms with E-state index in [0.717, 1.165) is 5.69 Å². The smallest absolute Gasteiger partial charge is 0.241 e. The minimum absolute atomic E-state index is 0.0652. The van der Waals surface area contributed by atoms with Crippen LogP contribution in [0.4, 0.5) is 5.69 Å². The second-order valence-corrected chi connectivity index (χ2v) is 5.67. The molecular formula is C11H11N3O3S. The van der Waals surface area contributed by atoms with Crippen molar-refractivity contribution in [2.24, 2.45) is 0 Å². The molecular weight excluding hydrogens is 254 g/mol. The minimum atomic E-state index is -3.68. The molecule has 0 radical (unpaired) electrons. The number of nitrogens with one attached hydrogen (secondary N) is 1. The van der Waals surface area contributed by atoms with E-state index in [4.69, 9.17) is 5.26 Å². The third-order valence-electron chi connectivity index (χ3n) is 2.78. The van der Waals surface area contributed by atoms with Crippen LogP contribution in [0.5, 0.6) is 0 Å². The molecule has 1 amide bonds. The SMILES string of the molecule is CN1C(=O)Cc2cc(S(=O)(=O)NCC#N)ccc21. The molecule has 1 N–H and O–H groups in total. The molecule has 18 heavy (non-hydrogen) atoms. The summed E-state index contributed by atoms with van der Waals surface area (Å²) in [6.07, 6.45) is 0.202. The molecule has 1 heterocycles. The lowest BCUT2D eigenvalue weighted by Gasteiger charge is -2.10. The third kappa shape index (κ3) is 2.08. The summed E-state index contributed by atoms with van der Waals surface area (Å²) in [5.74, 6) is -0.0652. The molecule has 1 aliphatic rings. The lowest BCUT2D eigenvalue weighted by Crippen LogP contribution is -2.24. The van der Waals surface area contributed by atoms with Crippen LogP contribution in [0.25, 0.3) is 0 Å². The largest absolute Gasteiger partial charge is 0.315 e. The molecule has 1 aromatic rings. The Bertz CT molecular complexity index is 646. The molecule has 0 fully saturated rings. The Morgan fingerprint density at radius 1 is 1.50 bits per heavy atom. The number of likely N-dealkylation sites (N-methyl/N-ethyl adjacent to an activating group) is 1. The van der Waals surface area contributed by atoms with Gasteiger partial charge in [0, 0.05) is 12.7 Å². The normalized spacial score (nSPS) is 14.4. The summed E-state index contributed by atoms with van der Waals surface area (Å²) >= 11 is 0. The van der Waals surface area contributed by atoms with Gasteiger partial charge in [0.05, 0.1) is 23.9 Å². The highest BCUT2D eigenvalue weighted by molar-refractivity contribution is 7.89. The molecule has 0 saturated heterocycles. The summed E-state index contributed by atoms with van der Waals surface area (Å²) in [4.78, 5) is 13.0. The lowest BCUT2D eigenvalue weighted by atomic mass is 10.2. The number of rotatable bonds is 3. The quantitative estimate of drug-likeness (QED) is 0.779. The van der Waals surface area contributed by atoms with Crippen molar-refractivity contribution in [3.05, 3.63) is 23.8 Å². The van der Waals surface area contributed by atoms with Gasteiger partial charge >= 0.3 is 0 Å². The average molecular weight is 265 g/mol. The van der Waals surface area contributed by atoms with Gasteiger partial charge in [-0.2, -0.15) is 9.98 Å². The number of sulfonamides is 1. The number of hydrogen-bond donors (Lipinski definition) is 1. The van der Waals surface area contributed by atoms with Crippen LogP contribution in [0, 0.1) is 11.3 Å². The van der Waals surface area contributed by atoms with Gasteiger partial charge in [-0.25, -0.2) is 8.42 Å². The van der Waals surface area contributed by atoms with Crippen molar-refractivity contribution < 1.29 is 13.2 Å². The molecule has 1 aromatic carbocycles. The molecule has 0 spiro atoms. The van der Waals surface area contributed by atoms with Crippen LogP contribution >= 0.6 is 0 Å². The first-order chi connectivity index (χ1) is 8.45. The first-order valence-corrected chi connectivity index (χ1v) is 6.70. The number of anilines is 1. The first kappa shape index (κ1) is 12.5. The van der Waals surface area contributed by atoms with Gasteiger partial charge in [-0.1, -0.05) is 0 Å². The highest BCUT2D eigenvalue weighted by atomic mass is 32.2. The van der Waals surface area contributed by atoms with Gasteiger partial charge in [0.2, 0.25) is 15.9 Å². The Hall–Kier alpha value is -1.91. The Morgan fingerprint density at radius 3 is 2.89 bits per heavy atom. The van der Waals surface area contributed by atoms with E-state index >= 15 is 0 Å². The van der Waals surface area contributed by atoms with Crippen LogP contribution in [0.1, 0.15) is 5.56 Å². The maximum absolute atomic E-state index is 11.8. The van der Waals surface area contributed by atoms with E-state index in [1.54, 1.807) is 19.2 Å². The molecule has 0 unspecified atom stereocenters. The molecule has 2 rings (SSSR count). The van der Waals surface area contributed by atoms with Crippen LogP contribution in [0.3, 0.4) is 0 Å². The molecule has 0 bridgehead atoms. The number of carbonyl (C=O) groups is 1. The van der Waals surface area contributed by atoms with Gasteiger partial charge in [0.25, 0.3) is 0 Å². The van der Waals surface area contributed by atoms with E-state index in [0.29, 0.717) is 5.56 Å². The van der Waals surface area contributed by atoms with Crippen molar-refractivity contribution in [1.29, 1.82) is 5.26 Å². The summed E-state index contributed by atoms with van der Waals surface area (Å²) in [6, 6.07) is 6.20. The number of carbonyl (C=O) groups excluding carboxylic acids is 1. The van der Waals surface area contributed by atoms with E-state index in [9.17, 15) is 13.2 Å². The van der Waals surface area contributed by atoms with E-state index in [1.165, 1.54) is 17.0 Å². The van der Waals surface area contributed by atoms with Crippen molar-refractivity contribution in [3.8, 4) is 6.07 Å². The summed E-state index contributed by atoms with van der Waals surface area (Å²) in [5, 5.41) is 8.37. The van der Waals surface area contributed by atoms with Crippen molar-refractivity contribution in [3.63, 3.8) is 0 Å². The molecule has 0 atom stereocenters. The van der Waals surface area contributed by atoms with Crippen molar-refractivity contribution in [2.45, 2.75) is 11.3 Å². The summed E-state index contributed by atoms with van der Waals surface area (Å²) in [7, 11) is -2.03. The second-order valence-electron chi connectivity index (χ2n) is 3.90. The van der Waals surface area contributed by atoms with Crippen molar-refractivity contribution in [1.82, 2.24) is 4.72 Å². The Balaban J connectivity index is 2.37. The summed E-state index contributed by atoms with van der Waals surface area (Å²) in [5.41, 5.74) is 1.40. The Morgan fingerprint density at radius 2 is 2.22 bits per heavy atom. The lowest BCUT2D eigenvalue weighted by molar-refractivity contribution is -0.117. The zero-order valence-corrected chi connectivity index (χ0v) is 10.5. The van der Waals surface area contributed by atoms with Crippen molar-refractivity contribution >= 4 is 21.6 Å². The summed E-state index contributed by atoms with van der Waals surface area (Å²) < 4.78 is 25.7. The van der Waals surface area contributed by atoms with Crippen LogP contribution in [-0.2, 0) is 21.2 Å². The molecule has 1 aliphatic heterocycles. The Labute approximate surface area is 105 Å². The van der Waals surface area contributed by atoms with Gasteiger partial charge in [-0.3, -0.25) is 4.79 Å². The van der Waals surface area contributed by atoms with Gasteiger partial charge in [-0.05, 0) is 23.8 Å². The highest BCUT2D eigenvalue weighted by Crippen LogP contribution is 2.29. The predicted octanol–water partition coefficient (Wildman–Crippen LogP) is 0.00738. The molecule has 0 saturated carbocycles. The standard InChI is InChI=1S/C11H11N3O3S/c1-14-10-3-2-9(6-8(10)7-11(14)15)18(16,17)13-5-4-12/h2-3,6,13H,5,7H2,1H3. The molecule has 0 aliphatic carbocycles. The maximum atomic E-state index is 11.8. The predicted molar refractivity (Wildman–Crippen MR) is 64.4 cm³/mol. The topological polar surface area (TPSA) is 90.3 Å². The number of nitriles is 1. The monoisotopic (exact) mass is 265 g/mol. The van der Waals surface area contributed by atoms with Gasteiger partial charge in [0.15, 0.2) is 0 Å². The fourth-order valence-corrected chi connectivity index (χ4v) is 2.79. The second kappa shape index (κ2) is 4.40. The average Bonchev–Trinajstić information content (AvgIpc) is 2.62. The summed E-state index contributed by atoms with van der Waals surface area (Å²) in [6.45, 7) is -0.280. The van der Waals surface area contributed by atoms with E-state index in [2.05, 4.69) is 4.72 Å². The zero-order valence-electron chi connectivity index (χ0n) is 9.67. The first-order valence-electron chi connectivity index (χ1n) is 5.22. The number of fused-ring (bicyclic) bond motifs is 1. The van der Waals surface area contributed by atoms with Crippen LogP contribution < -0.4 is 9.62 Å². The van der Waals surface area contributed by atoms with Gasteiger partial charge in [-0.15, -0.1) is 0 Å².